The van der Waals surface area contributed by atoms with Crippen LogP contribution in [0.3, 0.4) is 0 Å². The standard InChI is InChI=1S/C13H24N2O2/c16-13(15-7-9-17-10-8-15)11-14-12-5-3-1-2-4-6-12/h12,14H,1-11H2. The highest BCUT2D eigenvalue weighted by Gasteiger charge is 2.18. The van der Waals surface area contributed by atoms with E-state index >= 15 is 0 Å². The highest BCUT2D eigenvalue weighted by atomic mass is 16.5. The number of rotatable bonds is 3. The van der Waals surface area contributed by atoms with Crippen molar-refractivity contribution in [1.82, 2.24) is 10.2 Å². The first-order valence-electron chi connectivity index (χ1n) is 6.95. The highest BCUT2D eigenvalue weighted by molar-refractivity contribution is 5.78. The summed E-state index contributed by atoms with van der Waals surface area (Å²) in [6.45, 7) is 3.39. The van der Waals surface area contributed by atoms with Crippen LogP contribution in [0.4, 0.5) is 0 Å². The van der Waals surface area contributed by atoms with Crippen LogP contribution < -0.4 is 5.32 Å². The van der Waals surface area contributed by atoms with Gasteiger partial charge in [-0.15, -0.1) is 0 Å². The lowest BCUT2D eigenvalue weighted by Crippen LogP contribution is -2.46. The quantitative estimate of drug-likeness (QED) is 0.753. The van der Waals surface area contributed by atoms with Crippen LogP contribution in [0.15, 0.2) is 0 Å². The van der Waals surface area contributed by atoms with Gasteiger partial charge in [-0.3, -0.25) is 4.79 Å². The molecule has 2 fully saturated rings. The predicted molar refractivity (Wildman–Crippen MR) is 66.9 cm³/mol. The minimum absolute atomic E-state index is 0.234. The summed E-state index contributed by atoms with van der Waals surface area (Å²) >= 11 is 0. The Balaban J connectivity index is 1.67. The number of nitrogens with one attached hydrogen (secondary N) is 1. The third-order valence-corrected chi connectivity index (χ3v) is 3.76. The first-order valence-corrected chi connectivity index (χ1v) is 6.95. The Morgan fingerprint density at radius 2 is 1.76 bits per heavy atom. The summed E-state index contributed by atoms with van der Waals surface area (Å²) in [5, 5.41) is 3.43. The van der Waals surface area contributed by atoms with Gasteiger partial charge in [0, 0.05) is 19.1 Å². The van der Waals surface area contributed by atoms with Crippen LogP contribution in [-0.2, 0) is 9.53 Å². The van der Waals surface area contributed by atoms with Crippen LogP contribution in [0.2, 0.25) is 0 Å². The van der Waals surface area contributed by atoms with Crippen molar-refractivity contribution in [2.75, 3.05) is 32.8 Å². The van der Waals surface area contributed by atoms with Gasteiger partial charge in [0.05, 0.1) is 19.8 Å². The molecule has 0 spiro atoms. The van der Waals surface area contributed by atoms with Gasteiger partial charge in [-0.05, 0) is 12.8 Å². The molecule has 0 radical (unpaired) electrons. The topological polar surface area (TPSA) is 41.6 Å². The van der Waals surface area contributed by atoms with Gasteiger partial charge >= 0.3 is 0 Å². The van der Waals surface area contributed by atoms with Crippen molar-refractivity contribution in [2.24, 2.45) is 0 Å². The molecule has 0 aromatic heterocycles. The average Bonchev–Trinajstić information content (AvgIpc) is 2.65. The maximum absolute atomic E-state index is 11.9. The zero-order chi connectivity index (χ0) is 11.9. The van der Waals surface area contributed by atoms with Gasteiger partial charge < -0.3 is 15.0 Å². The Kier molecular flexibility index (Phi) is 5.26. The Morgan fingerprint density at radius 3 is 2.41 bits per heavy atom. The molecule has 0 aromatic carbocycles. The number of carbonyl (C=O) groups excluding carboxylic acids is 1. The van der Waals surface area contributed by atoms with Gasteiger partial charge in [-0.1, -0.05) is 25.7 Å². The van der Waals surface area contributed by atoms with Gasteiger partial charge in [0.2, 0.25) is 5.91 Å². The van der Waals surface area contributed by atoms with Gasteiger partial charge in [-0.25, -0.2) is 0 Å². The van der Waals surface area contributed by atoms with Crippen molar-refractivity contribution in [2.45, 2.75) is 44.6 Å². The first-order chi connectivity index (χ1) is 8.36. The third-order valence-electron chi connectivity index (χ3n) is 3.76. The molecule has 1 aliphatic carbocycles. The molecule has 0 aromatic rings. The monoisotopic (exact) mass is 240 g/mol. The largest absolute Gasteiger partial charge is 0.378 e. The molecule has 0 atom stereocenters. The molecule has 1 heterocycles. The molecule has 98 valence electrons. The van der Waals surface area contributed by atoms with E-state index in [1.54, 1.807) is 0 Å². The Hall–Kier alpha value is -0.610. The molecule has 2 aliphatic rings. The molecule has 2 rings (SSSR count). The number of nitrogens with zero attached hydrogens (tertiary/aromatic N) is 1. The molecule has 1 saturated carbocycles. The van der Waals surface area contributed by atoms with Crippen LogP contribution in [0.1, 0.15) is 38.5 Å². The van der Waals surface area contributed by atoms with Gasteiger partial charge in [0.1, 0.15) is 0 Å². The van der Waals surface area contributed by atoms with Crippen LogP contribution in [0.25, 0.3) is 0 Å². The number of ether oxygens (including phenoxy) is 1. The van der Waals surface area contributed by atoms with E-state index in [0.29, 0.717) is 25.8 Å². The lowest BCUT2D eigenvalue weighted by atomic mass is 10.1. The van der Waals surface area contributed by atoms with E-state index in [1.165, 1.54) is 38.5 Å². The molecule has 1 aliphatic heterocycles. The number of hydrogen-bond donors (Lipinski definition) is 1. The van der Waals surface area contributed by atoms with Crippen LogP contribution >= 0.6 is 0 Å². The minimum atomic E-state index is 0.234. The van der Waals surface area contributed by atoms with Crippen LogP contribution in [0, 0.1) is 0 Å². The van der Waals surface area contributed by atoms with Gasteiger partial charge in [0.25, 0.3) is 0 Å². The second-order valence-corrected chi connectivity index (χ2v) is 5.06. The highest BCUT2D eigenvalue weighted by Crippen LogP contribution is 2.16. The van der Waals surface area contributed by atoms with Crippen molar-refractivity contribution in [1.29, 1.82) is 0 Å². The summed E-state index contributed by atoms with van der Waals surface area (Å²) in [7, 11) is 0. The summed E-state index contributed by atoms with van der Waals surface area (Å²) in [6, 6.07) is 0.558. The molecule has 4 nitrogen and oxygen atoms in total. The van der Waals surface area contributed by atoms with Crippen molar-refractivity contribution >= 4 is 5.91 Å². The molecule has 1 N–H and O–H groups in total. The molecule has 17 heavy (non-hydrogen) atoms. The van der Waals surface area contributed by atoms with Crippen LogP contribution in [0.5, 0.6) is 0 Å². The smallest absolute Gasteiger partial charge is 0.236 e. The molecular formula is C13H24N2O2. The first kappa shape index (κ1) is 12.8. The second-order valence-electron chi connectivity index (χ2n) is 5.06. The fourth-order valence-corrected chi connectivity index (χ4v) is 2.64. The summed E-state index contributed by atoms with van der Waals surface area (Å²) in [5.74, 6) is 0.234. The van der Waals surface area contributed by atoms with E-state index in [4.69, 9.17) is 4.74 Å². The summed E-state index contributed by atoms with van der Waals surface area (Å²) in [5.41, 5.74) is 0. The summed E-state index contributed by atoms with van der Waals surface area (Å²) < 4.78 is 5.25. The molecular weight excluding hydrogens is 216 g/mol. The summed E-state index contributed by atoms with van der Waals surface area (Å²) in [4.78, 5) is 13.8. The Morgan fingerprint density at radius 1 is 1.12 bits per heavy atom. The van der Waals surface area contributed by atoms with Crippen molar-refractivity contribution < 1.29 is 9.53 Å². The third kappa shape index (κ3) is 4.28. The van der Waals surface area contributed by atoms with E-state index in [1.807, 2.05) is 4.90 Å². The molecule has 1 saturated heterocycles. The normalized spacial score (nSPS) is 23.4. The van der Waals surface area contributed by atoms with E-state index in [9.17, 15) is 4.79 Å². The van der Waals surface area contributed by atoms with E-state index in [0.717, 1.165) is 13.1 Å². The van der Waals surface area contributed by atoms with Crippen molar-refractivity contribution in [3.05, 3.63) is 0 Å². The lowest BCUT2D eigenvalue weighted by molar-refractivity contribution is -0.134. The zero-order valence-corrected chi connectivity index (χ0v) is 10.6. The number of hydrogen-bond acceptors (Lipinski definition) is 3. The molecule has 1 amide bonds. The fraction of sp³-hybridized carbons (Fsp3) is 0.923. The van der Waals surface area contributed by atoms with Crippen LogP contribution in [-0.4, -0.2) is 49.7 Å². The SMILES string of the molecule is O=C(CNC1CCCCCC1)N1CCOCC1. The minimum Gasteiger partial charge on any atom is -0.378 e. The maximum Gasteiger partial charge on any atom is 0.236 e. The Bertz CT molecular complexity index is 232. The Labute approximate surface area is 104 Å². The van der Waals surface area contributed by atoms with E-state index < -0.39 is 0 Å². The number of amides is 1. The zero-order valence-electron chi connectivity index (χ0n) is 10.6. The second kappa shape index (κ2) is 6.97. The maximum atomic E-state index is 11.9. The fourth-order valence-electron chi connectivity index (χ4n) is 2.64. The average molecular weight is 240 g/mol. The van der Waals surface area contributed by atoms with Crippen molar-refractivity contribution in [3.8, 4) is 0 Å². The van der Waals surface area contributed by atoms with Gasteiger partial charge in [0.15, 0.2) is 0 Å². The summed E-state index contributed by atoms with van der Waals surface area (Å²) in [6.07, 6.45) is 7.80. The lowest BCUT2D eigenvalue weighted by Gasteiger charge is -2.27. The molecule has 0 unspecified atom stereocenters. The van der Waals surface area contributed by atoms with Crippen molar-refractivity contribution in [3.63, 3.8) is 0 Å². The molecule has 4 heteroatoms. The predicted octanol–water partition coefficient (Wildman–Crippen LogP) is 1.16. The number of carbonyl (C=O) groups is 1. The molecule has 0 bridgehead atoms. The number of morpholine rings is 1. The van der Waals surface area contributed by atoms with Gasteiger partial charge in [-0.2, -0.15) is 0 Å². The van der Waals surface area contributed by atoms with E-state index in [2.05, 4.69) is 5.32 Å². The van der Waals surface area contributed by atoms with E-state index in [-0.39, 0.29) is 5.91 Å².